The SMILES string of the molecule is CCCCCCCCNC(=O)c1n[nH]c2ccccc12. The molecule has 4 nitrogen and oxygen atoms in total. The van der Waals surface area contributed by atoms with Crippen LogP contribution < -0.4 is 5.32 Å². The van der Waals surface area contributed by atoms with Crippen molar-refractivity contribution in [3.8, 4) is 0 Å². The zero-order chi connectivity index (χ0) is 14.2. The number of aromatic amines is 1. The van der Waals surface area contributed by atoms with Gasteiger partial charge in [0.1, 0.15) is 0 Å². The van der Waals surface area contributed by atoms with Crippen LogP contribution in [0.4, 0.5) is 0 Å². The lowest BCUT2D eigenvalue weighted by molar-refractivity contribution is 0.0949. The molecule has 0 saturated carbocycles. The summed E-state index contributed by atoms with van der Waals surface area (Å²) in [6.45, 7) is 2.95. The number of unbranched alkanes of at least 4 members (excludes halogenated alkanes) is 5. The summed E-state index contributed by atoms with van der Waals surface area (Å²) in [6, 6.07) is 7.69. The molecule has 0 spiro atoms. The molecule has 20 heavy (non-hydrogen) atoms. The summed E-state index contributed by atoms with van der Waals surface area (Å²) >= 11 is 0. The van der Waals surface area contributed by atoms with Crippen LogP contribution in [0.15, 0.2) is 24.3 Å². The molecule has 2 rings (SSSR count). The van der Waals surface area contributed by atoms with Gasteiger partial charge in [-0.3, -0.25) is 9.89 Å². The van der Waals surface area contributed by atoms with Crippen molar-refractivity contribution in [2.75, 3.05) is 6.54 Å². The molecule has 0 radical (unpaired) electrons. The van der Waals surface area contributed by atoms with Crippen LogP contribution in [0.1, 0.15) is 55.9 Å². The minimum absolute atomic E-state index is 0.0870. The highest BCUT2D eigenvalue weighted by Crippen LogP contribution is 2.14. The van der Waals surface area contributed by atoms with Gasteiger partial charge in [0.25, 0.3) is 5.91 Å². The fraction of sp³-hybridized carbons (Fsp3) is 0.500. The van der Waals surface area contributed by atoms with Crippen LogP contribution in [0, 0.1) is 0 Å². The molecule has 4 heteroatoms. The van der Waals surface area contributed by atoms with Gasteiger partial charge in [0, 0.05) is 11.9 Å². The summed E-state index contributed by atoms with van der Waals surface area (Å²) in [4.78, 5) is 12.1. The van der Waals surface area contributed by atoms with Crippen molar-refractivity contribution >= 4 is 16.8 Å². The maximum Gasteiger partial charge on any atom is 0.272 e. The number of para-hydroxylation sites is 1. The Labute approximate surface area is 120 Å². The molecule has 0 fully saturated rings. The molecular formula is C16H23N3O. The van der Waals surface area contributed by atoms with Crippen molar-refractivity contribution in [1.82, 2.24) is 15.5 Å². The topological polar surface area (TPSA) is 57.8 Å². The van der Waals surface area contributed by atoms with E-state index in [4.69, 9.17) is 0 Å². The van der Waals surface area contributed by atoms with E-state index in [0.717, 1.165) is 23.9 Å². The first-order valence-corrected chi connectivity index (χ1v) is 7.54. The van der Waals surface area contributed by atoms with E-state index in [2.05, 4.69) is 22.4 Å². The van der Waals surface area contributed by atoms with E-state index in [-0.39, 0.29) is 5.91 Å². The van der Waals surface area contributed by atoms with Gasteiger partial charge in [0.15, 0.2) is 5.69 Å². The molecule has 0 aliphatic rings. The van der Waals surface area contributed by atoms with Crippen molar-refractivity contribution in [3.63, 3.8) is 0 Å². The Morgan fingerprint density at radius 3 is 2.75 bits per heavy atom. The van der Waals surface area contributed by atoms with E-state index in [1.165, 1.54) is 32.1 Å². The number of H-pyrrole nitrogens is 1. The zero-order valence-corrected chi connectivity index (χ0v) is 12.1. The van der Waals surface area contributed by atoms with Gasteiger partial charge in [-0.25, -0.2) is 0 Å². The van der Waals surface area contributed by atoms with E-state index in [1.54, 1.807) is 0 Å². The fourth-order valence-electron chi connectivity index (χ4n) is 2.33. The molecular weight excluding hydrogens is 250 g/mol. The zero-order valence-electron chi connectivity index (χ0n) is 12.1. The molecule has 1 aromatic heterocycles. The number of amides is 1. The Bertz CT molecular complexity index is 547. The standard InChI is InChI=1S/C16H23N3O/c1-2-3-4-5-6-9-12-17-16(20)15-13-10-7-8-11-14(13)18-19-15/h7-8,10-11H,2-6,9,12H2,1H3,(H,17,20)(H,18,19). The maximum absolute atomic E-state index is 12.1. The summed E-state index contributed by atoms with van der Waals surface area (Å²) < 4.78 is 0. The van der Waals surface area contributed by atoms with Crippen LogP contribution in [-0.4, -0.2) is 22.6 Å². The number of carbonyl (C=O) groups is 1. The van der Waals surface area contributed by atoms with E-state index >= 15 is 0 Å². The fourth-order valence-corrected chi connectivity index (χ4v) is 2.33. The molecule has 108 valence electrons. The number of benzene rings is 1. The van der Waals surface area contributed by atoms with Crippen LogP contribution >= 0.6 is 0 Å². The first-order chi connectivity index (χ1) is 9.83. The summed E-state index contributed by atoms with van der Waals surface area (Å²) in [6.07, 6.45) is 7.36. The molecule has 0 aliphatic heterocycles. The van der Waals surface area contributed by atoms with Crippen LogP contribution in [0.25, 0.3) is 10.9 Å². The molecule has 0 bridgehead atoms. The smallest absolute Gasteiger partial charge is 0.272 e. The second kappa shape index (κ2) is 7.68. The lowest BCUT2D eigenvalue weighted by Gasteiger charge is -2.03. The van der Waals surface area contributed by atoms with Gasteiger partial charge < -0.3 is 5.32 Å². The highest BCUT2D eigenvalue weighted by molar-refractivity contribution is 6.04. The molecule has 2 aromatic rings. The predicted octanol–water partition coefficient (Wildman–Crippen LogP) is 3.65. The summed E-state index contributed by atoms with van der Waals surface area (Å²) in [5.74, 6) is -0.0870. The molecule has 0 aliphatic carbocycles. The Morgan fingerprint density at radius 2 is 1.90 bits per heavy atom. The Balaban J connectivity index is 1.75. The third kappa shape index (κ3) is 3.83. The molecule has 1 amide bonds. The van der Waals surface area contributed by atoms with E-state index in [1.807, 2.05) is 24.3 Å². The molecule has 0 saturated heterocycles. The van der Waals surface area contributed by atoms with E-state index < -0.39 is 0 Å². The average molecular weight is 273 g/mol. The number of hydrogen-bond donors (Lipinski definition) is 2. The lowest BCUT2D eigenvalue weighted by Crippen LogP contribution is -2.24. The first-order valence-electron chi connectivity index (χ1n) is 7.54. The summed E-state index contributed by atoms with van der Waals surface area (Å²) in [7, 11) is 0. The molecule has 2 N–H and O–H groups in total. The largest absolute Gasteiger partial charge is 0.351 e. The van der Waals surface area contributed by atoms with Gasteiger partial charge in [0.05, 0.1) is 5.52 Å². The van der Waals surface area contributed by atoms with Crippen molar-refractivity contribution in [2.45, 2.75) is 45.4 Å². The Hall–Kier alpha value is -1.84. The lowest BCUT2D eigenvalue weighted by atomic mass is 10.1. The first kappa shape index (κ1) is 14.6. The number of rotatable bonds is 8. The number of carbonyl (C=O) groups excluding carboxylic acids is 1. The number of hydrogen-bond acceptors (Lipinski definition) is 2. The van der Waals surface area contributed by atoms with Crippen molar-refractivity contribution in [2.24, 2.45) is 0 Å². The summed E-state index contributed by atoms with van der Waals surface area (Å²) in [5, 5.41) is 10.8. The monoisotopic (exact) mass is 273 g/mol. The molecule has 0 unspecified atom stereocenters. The quantitative estimate of drug-likeness (QED) is 0.721. The minimum atomic E-state index is -0.0870. The molecule has 1 aromatic carbocycles. The minimum Gasteiger partial charge on any atom is -0.351 e. The highest BCUT2D eigenvalue weighted by atomic mass is 16.1. The second-order valence-corrected chi connectivity index (χ2v) is 5.14. The van der Waals surface area contributed by atoms with Crippen LogP contribution in [-0.2, 0) is 0 Å². The molecule has 1 heterocycles. The van der Waals surface area contributed by atoms with E-state index in [0.29, 0.717) is 5.69 Å². The van der Waals surface area contributed by atoms with Crippen LogP contribution in [0.2, 0.25) is 0 Å². The Kier molecular flexibility index (Phi) is 5.59. The van der Waals surface area contributed by atoms with E-state index in [9.17, 15) is 4.79 Å². The van der Waals surface area contributed by atoms with Crippen LogP contribution in [0.5, 0.6) is 0 Å². The van der Waals surface area contributed by atoms with Crippen molar-refractivity contribution in [1.29, 1.82) is 0 Å². The van der Waals surface area contributed by atoms with Crippen molar-refractivity contribution in [3.05, 3.63) is 30.0 Å². The highest BCUT2D eigenvalue weighted by Gasteiger charge is 2.12. The van der Waals surface area contributed by atoms with Gasteiger partial charge in [-0.15, -0.1) is 0 Å². The predicted molar refractivity (Wildman–Crippen MR) is 81.8 cm³/mol. The van der Waals surface area contributed by atoms with Gasteiger partial charge in [-0.05, 0) is 12.5 Å². The number of nitrogens with one attached hydrogen (secondary N) is 2. The number of fused-ring (bicyclic) bond motifs is 1. The third-order valence-electron chi connectivity index (χ3n) is 3.50. The number of aromatic nitrogens is 2. The Morgan fingerprint density at radius 1 is 1.15 bits per heavy atom. The van der Waals surface area contributed by atoms with Gasteiger partial charge in [-0.2, -0.15) is 5.10 Å². The third-order valence-corrected chi connectivity index (χ3v) is 3.50. The summed E-state index contributed by atoms with van der Waals surface area (Å²) in [5.41, 5.74) is 1.39. The van der Waals surface area contributed by atoms with Crippen molar-refractivity contribution < 1.29 is 4.79 Å². The van der Waals surface area contributed by atoms with Gasteiger partial charge in [0.2, 0.25) is 0 Å². The van der Waals surface area contributed by atoms with Crippen LogP contribution in [0.3, 0.4) is 0 Å². The average Bonchev–Trinajstić information content (AvgIpc) is 2.90. The van der Waals surface area contributed by atoms with Gasteiger partial charge >= 0.3 is 0 Å². The molecule has 0 atom stereocenters. The van der Waals surface area contributed by atoms with Gasteiger partial charge in [-0.1, -0.05) is 57.2 Å². The normalized spacial score (nSPS) is 10.8. The second-order valence-electron chi connectivity index (χ2n) is 5.14. The maximum atomic E-state index is 12.1. The number of nitrogens with zero attached hydrogens (tertiary/aromatic N) is 1.